The van der Waals surface area contributed by atoms with Crippen LogP contribution >= 0.6 is 0 Å². The molecule has 0 amide bonds. The van der Waals surface area contributed by atoms with Gasteiger partial charge in [-0.05, 0) is 126 Å². The Hall–Kier alpha value is -2.59. The predicted molar refractivity (Wildman–Crippen MR) is 170 cm³/mol. The first-order chi connectivity index (χ1) is 20.0. The third kappa shape index (κ3) is 7.83. The van der Waals surface area contributed by atoms with Gasteiger partial charge < -0.3 is 15.4 Å². The van der Waals surface area contributed by atoms with Gasteiger partial charge in [-0.1, -0.05) is 61.1 Å². The van der Waals surface area contributed by atoms with Crippen molar-refractivity contribution in [1.82, 2.24) is 10.6 Å². The predicted octanol–water partition coefficient (Wildman–Crippen LogP) is 8.52. The van der Waals surface area contributed by atoms with E-state index in [-0.39, 0.29) is 18.0 Å². The Morgan fingerprint density at radius 1 is 1.07 bits per heavy atom. The molecule has 0 bridgehead atoms. The topological polar surface area (TPSA) is 50.4 Å². The van der Waals surface area contributed by atoms with E-state index >= 15 is 0 Å². The largest absolute Gasteiger partial charge is 0.462 e. The molecule has 0 radical (unpaired) electrons. The molecule has 5 atom stereocenters. The monoisotopic (exact) mass is 556 g/mol. The number of esters is 1. The zero-order chi connectivity index (χ0) is 28.6. The summed E-state index contributed by atoms with van der Waals surface area (Å²) in [4.78, 5) is 12.9. The number of ether oxygens (including phenoxy) is 1. The fraction of sp³-hybridized carbons (Fsp3) is 0.595. The molecule has 222 valence electrons. The number of hydrogen-bond donors (Lipinski definition) is 2. The maximum absolute atomic E-state index is 12.9. The number of piperidine rings is 1. The summed E-state index contributed by atoms with van der Waals surface area (Å²) in [6, 6.07) is 0.929. The van der Waals surface area contributed by atoms with Crippen molar-refractivity contribution in [2.24, 2.45) is 17.8 Å². The van der Waals surface area contributed by atoms with Gasteiger partial charge in [-0.2, -0.15) is 0 Å². The average molecular weight is 557 g/mol. The Bertz CT molecular complexity index is 1130. The molecule has 5 aliphatic rings. The van der Waals surface area contributed by atoms with Crippen LogP contribution in [-0.4, -0.2) is 24.2 Å². The minimum absolute atomic E-state index is 0.0215. The van der Waals surface area contributed by atoms with Crippen LogP contribution in [0.2, 0.25) is 0 Å². The normalized spacial score (nSPS) is 30.1. The van der Waals surface area contributed by atoms with E-state index in [1.54, 1.807) is 5.57 Å². The molecular formula is C37H52N2O2. The molecule has 1 fully saturated rings. The molecule has 4 nitrogen and oxygen atoms in total. The first-order valence-corrected chi connectivity index (χ1v) is 16.5. The van der Waals surface area contributed by atoms with E-state index in [2.05, 4.69) is 79.8 Å². The highest BCUT2D eigenvalue weighted by molar-refractivity contribution is 5.73. The van der Waals surface area contributed by atoms with Gasteiger partial charge in [0.25, 0.3) is 0 Å². The van der Waals surface area contributed by atoms with Crippen LogP contribution in [0.1, 0.15) is 104 Å². The molecule has 1 saturated heterocycles. The van der Waals surface area contributed by atoms with Crippen molar-refractivity contribution in [3.63, 3.8) is 0 Å². The third-order valence-electron chi connectivity index (χ3n) is 10.0. The molecule has 0 aromatic heterocycles. The summed E-state index contributed by atoms with van der Waals surface area (Å²) >= 11 is 0. The highest BCUT2D eigenvalue weighted by Gasteiger charge is 2.30. The Morgan fingerprint density at radius 2 is 1.90 bits per heavy atom. The standard InChI is InChI=1S/C37H52N2O2/c1-4-28(29-19-21-30(22-20-29)37(40)41-33-13-7-5-6-8-14-33)24-32-25-31(18-17-26(32)2)34-15-9-10-23-38-36(34)35-16-11-12-27(3)39-35/h5-6,9-10,15,19,23,25,27-28,30,32-33,35,38-39H,2,4,7-8,11-14,16-18,20-22,24H2,1,3H3. The SMILES string of the molecule is C=C1CCC(C2=C(C3CCCC(C)N3)NC=CC=C2)=CC1CC(CC)C1=CCC(C(=O)OC2CCC=CCC2)CC1. The molecule has 4 heteroatoms. The first-order valence-electron chi connectivity index (χ1n) is 16.5. The van der Waals surface area contributed by atoms with Crippen molar-refractivity contribution in [2.45, 2.75) is 122 Å². The third-order valence-corrected chi connectivity index (χ3v) is 10.0. The van der Waals surface area contributed by atoms with Crippen molar-refractivity contribution in [1.29, 1.82) is 0 Å². The minimum Gasteiger partial charge on any atom is -0.462 e. The summed E-state index contributed by atoms with van der Waals surface area (Å²) in [5.74, 6) is 0.982. The van der Waals surface area contributed by atoms with Crippen molar-refractivity contribution in [2.75, 3.05) is 0 Å². The number of allylic oxidation sites excluding steroid dienone is 11. The lowest BCUT2D eigenvalue weighted by atomic mass is 9.74. The summed E-state index contributed by atoms with van der Waals surface area (Å²) < 4.78 is 5.95. The Balaban J connectivity index is 1.25. The van der Waals surface area contributed by atoms with Crippen molar-refractivity contribution >= 4 is 5.97 Å². The first kappa shape index (κ1) is 29.9. The minimum atomic E-state index is 0.0215. The van der Waals surface area contributed by atoms with Crippen molar-refractivity contribution < 1.29 is 9.53 Å². The molecule has 5 rings (SSSR count). The molecule has 3 aliphatic carbocycles. The van der Waals surface area contributed by atoms with Gasteiger partial charge >= 0.3 is 5.97 Å². The van der Waals surface area contributed by atoms with Crippen LogP contribution in [0.25, 0.3) is 0 Å². The zero-order valence-corrected chi connectivity index (χ0v) is 25.5. The number of carbonyl (C=O) groups excluding carboxylic acids is 1. The van der Waals surface area contributed by atoms with Gasteiger partial charge in [0.15, 0.2) is 0 Å². The fourth-order valence-electron chi connectivity index (χ4n) is 7.48. The Labute approximate surface area is 248 Å². The second-order valence-electron chi connectivity index (χ2n) is 13.0. The fourth-order valence-corrected chi connectivity index (χ4v) is 7.48. The van der Waals surface area contributed by atoms with E-state index in [1.807, 2.05) is 0 Å². The van der Waals surface area contributed by atoms with Gasteiger partial charge in [-0.3, -0.25) is 4.79 Å². The van der Waals surface area contributed by atoms with E-state index in [9.17, 15) is 4.79 Å². The van der Waals surface area contributed by atoms with E-state index in [0.29, 0.717) is 23.9 Å². The lowest BCUT2D eigenvalue weighted by molar-refractivity contribution is -0.155. The average Bonchev–Trinajstić information content (AvgIpc) is 3.40. The smallest absolute Gasteiger partial charge is 0.309 e. The highest BCUT2D eigenvalue weighted by atomic mass is 16.5. The van der Waals surface area contributed by atoms with Gasteiger partial charge in [0.2, 0.25) is 0 Å². The van der Waals surface area contributed by atoms with E-state index in [0.717, 1.165) is 70.6 Å². The maximum Gasteiger partial charge on any atom is 0.309 e. The molecule has 2 heterocycles. The van der Waals surface area contributed by atoms with Gasteiger partial charge in [0, 0.05) is 24.0 Å². The second kappa shape index (κ2) is 14.5. The maximum atomic E-state index is 12.9. The van der Waals surface area contributed by atoms with Gasteiger partial charge in [0.05, 0.1) is 5.92 Å². The van der Waals surface area contributed by atoms with Crippen molar-refractivity contribution in [3.8, 4) is 0 Å². The van der Waals surface area contributed by atoms with Gasteiger partial charge in [-0.25, -0.2) is 0 Å². The number of hydrogen-bond acceptors (Lipinski definition) is 4. The number of carbonyl (C=O) groups is 1. The lowest BCUT2D eigenvalue weighted by Crippen LogP contribution is -2.44. The summed E-state index contributed by atoms with van der Waals surface area (Å²) in [7, 11) is 0. The van der Waals surface area contributed by atoms with Crippen LogP contribution in [0, 0.1) is 17.8 Å². The van der Waals surface area contributed by atoms with Crippen LogP contribution in [0.15, 0.2) is 83.3 Å². The van der Waals surface area contributed by atoms with E-state index in [1.165, 1.54) is 41.7 Å². The van der Waals surface area contributed by atoms with Crippen LogP contribution in [0.4, 0.5) is 0 Å². The quantitative estimate of drug-likeness (QED) is 0.232. The molecule has 0 saturated carbocycles. The molecule has 0 aromatic carbocycles. The summed E-state index contributed by atoms with van der Waals surface area (Å²) in [6.07, 6.45) is 32.9. The van der Waals surface area contributed by atoms with Crippen LogP contribution in [0.3, 0.4) is 0 Å². The van der Waals surface area contributed by atoms with E-state index in [4.69, 9.17) is 4.74 Å². The summed E-state index contributed by atoms with van der Waals surface area (Å²) in [5.41, 5.74) is 7.09. The summed E-state index contributed by atoms with van der Waals surface area (Å²) in [5, 5.41) is 7.50. The van der Waals surface area contributed by atoms with Gasteiger partial charge in [0.1, 0.15) is 6.10 Å². The number of rotatable bonds is 8. The van der Waals surface area contributed by atoms with Gasteiger partial charge in [-0.15, -0.1) is 0 Å². The molecule has 5 unspecified atom stereocenters. The Morgan fingerprint density at radius 3 is 2.63 bits per heavy atom. The van der Waals surface area contributed by atoms with Crippen LogP contribution < -0.4 is 10.6 Å². The summed E-state index contributed by atoms with van der Waals surface area (Å²) in [6.45, 7) is 9.17. The Kier molecular flexibility index (Phi) is 10.6. The molecule has 41 heavy (non-hydrogen) atoms. The molecular weight excluding hydrogens is 504 g/mol. The molecule has 0 aromatic rings. The van der Waals surface area contributed by atoms with Crippen LogP contribution in [-0.2, 0) is 9.53 Å². The lowest BCUT2D eigenvalue weighted by Gasteiger charge is -2.34. The molecule has 2 aliphatic heterocycles. The van der Waals surface area contributed by atoms with Crippen LogP contribution in [0.5, 0.6) is 0 Å². The molecule has 2 N–H and O–H groups in total. The second-order valence-corrected chi connectivity index (χ2v) is 13.0. The zero-order valence-electron chi connectivity index (χ0n) is 25.5. The van der Waals surface area contributed by atoms with E-state index < -0.39 is 0 Å². The van der Waals surface area contributed by atoms with Crippen molar-refractivity contribution in [3.05, 3.63) is 83.3 Å². The highest BCUT2D eigenvalue weighted by Crippen LogP contribution is 2.40. The number of nitrogens with one attached hydrogen (secondary N) is 2. The molecule has 0 spiro atoms.